The van der Waals surface area contributed by atoms with Crippen molar-refractivity contribution in [3.8, 4) is 0 Å². The van der Waals surface area contributed by atoms with Crippen LogP contribution in [0.3, 0.4) is 0 Å². The van der Waals surface area contributed by atoms with E-state index < -0.39 is 15.1 Å². The largest absolute Gasteiger partial charge is 0.408 e. The van der Waals surface area contributed by atoms with Crippen molar-refractivity contribution in [2.75, 3.05) is 6.61 Å². The molecule has 0 amide bonds. The van der Waals surface area contributed by atoms with Gasteiger partial charge >= 0.3 is 9.37 Å². The Morgan fingerprint density at radius 3 is 2.67 bits per heavy atom. The molecule has 1 fully saturated rings. The molecule has 2 unspecified atom stereocenters. The summed E-state index contributed by atoms with van der Waals surface area (Å²) in [5.74, 6) is 0. The van der Waals surface area contributed by atoms with E-state index in [4.69, 9.17) is 9.53 Å². The minimum absolute atomic E-state index is 0.418. The Morgan fingerprint density at radius 2 is 2.33 bits per heavy atom. The highest BCUT2D eigenvalue weighted by molar-refractivity contribution is 6.43. The molecule has 0 radical (unpaired) electrons. The van der Waals surface area contributed by atoms with Crippen molar-refractivity contribution < 1.29 is 13.6 Å². The minimum Gasteiger partial charge on any atom is -0.408 e. The van der Waals surface area contributed by atoms with Gasteiger partial charge in [-0.3, -0.25) is 4.11 Å². The van der Waals surface area contributed by atoms with Crippen LogP contribution in [0, 0.1) is 0 Å². The first-order valence-corrected chi connectivity index (χ1v) is 4.86. The number of hydrogen-bond donors (Lipinski definition) is 1. The molecule has 2 nitrogen and oxygen atoms in total. The molecule has 0 spiro atoms. The average molecular weight is 150 g/mol. The molecule has 9 heavy (non-hydrogen) atoms. The third kappa shape index (κ3) is 2.04. The van der Waals surface area contributed by atoms with Crippen LogP contribution < -0.4 is 0 Å². The van der Waals surface area contributed by atoms with Crippen LogP contribution >= 0.6 is 0 Å². The highest BCUT2D eigenvalue weighted by Gasteiger charge is 2.24. The van der Waals surface area contributed by atoms with Gasteiger partial charge in [-0.05, 0) is 19.3 Å². The third-order valence-electron chi connectivity index (χ3n) is 1.52. The van der Waals surface area contributed by atoms with Gasteiger partial charge in [-0.1, -0.05) is 0 Å². The van der Waals surface area contributed by atoms with Crippen LogP contribution in [0.1, 0.15) is 19.3 Å². The molecule has 0 aromatic heterocycles. The van der Waals surface area contributed by atoms with Gasteiger partial charge in [-0.2, -0.15) is 0 Å². The van der Waals surface area contributed by atoms with E-state index in [0.717, 1.165) is 12.8 Å². The van der Waals surface area contributed by atoms with Crippen molar-refractivity contribution in [2.45, 2.75) is 25.0 Å². The van der Waals surface area contributed by atoms with E-state index >= 15 is 0 Å². The number of halogens is 1. The van der Waals surface area contributed by atoms with Crippen LogP contribution in [0.4, 0.5) is 4.11 Å². The van der Waals surface area contributed by atoms with Gasteiger partial charge in [0, 0.05) is 6.61 Å². The zero-order valence-corrected chi connectivity index (χ0v) is 6.37. The van der Waals surface area contributed by atoms with E-state index in [-0.39, 0.29) is 0 Å². The fourth-order valence-electron chi connectivity index (χ4n) is 0.983. The predicted octanol–water partition coefficient (Wildman–Crippen LogP) is 0.277. The molecule has 1 aliphatic heterocycles. The summed E-state index contributed by atoms with van der Waals surface area (Å²) in [5.41, 5.74) is -0.418. The van der Waals surface area contributed by atoms with E-state index in [1.165, 1.54) is 0 Å². The smallest absolute Gasteiger partial charge is 0.394 e. The lowest BCUT2D eigenvalue weighted by Crippen LogP contribution is -2.32. The van der Waals surface area contributed by atoms with Crippen molar-refractivity contribution in [3.63, 3.8) is 0 Å². The van der Waals surface area contributed by atoms with Gasteiger partial charge in [0.2, 0.25) is 0 Å². The van der Waals surface area contributed by atoms with Crippen molar-refractivity contribution >= 4 is 9.37 Å². The van der Waals surface area contributed by atoms with Crippen LogP contribution in [0.2, 0.25) is 0 Å². The Balaban J connectivity index is 2.23. The highest BCUT2D eigenvalue weighted by Crippen LogP contribution is 2.14. The quantitative estimate of drug-likeness (QED) is 0.429. The first-order chi connectivity index (χ1) is 4.30. The van der Waals surface area contributed by atoms with Crippen molar-refractivity contribution in [3.05, 3.63) is 0 Å². The lowest BCUT2D eigenvalue weighted by Gasteiger charge is -2.20. The summed E-state index contributed by atoms with van der Waals surface area (Å²) >= 11 is 0. The zero-order valence-electron chi connectivity index (χ0n) is 5.22. The molecule has 1 heterocycles. The van der Waals surface area contributed by atoms with Crippen LogP contribution in [-0.2, 0) is 4.74 Å². The number of ether oxygens (including phenoxy) is 1. The number of rotatable bonds is 1. The summed E-state index contributed by atoms with van der Waals surface area (Å²) in [6.07, 6.45) is 2.72. The topological polar surface area (TPSA) is 29.5 Å². The molecule has 0 aliphatic carbocycles. The predicted molar refractivity (Wildman–Crippen MR) is 34.1 cm³/mol. The second-order valence-corrected chi connectivity index (χ2v) is 3.77. The fraction of sp³-hybridized carbons (Fsp3) is 1.00. The van der Waals surface area contributed by atoms with E-state index in [2.05, 4.69) is 0 Å². The Kier molecular flexibility index (Phi) is 2.62. The summed E-state index contributed by atoms with van der Waals surface area (Å²) in [6.45, 7) is 0.624. The molecule has 1 N–H and O–H groups in total. The second-order valence-electron chi connectivity index (χ2n) is 2.28. The summed E-state index contributed by atoms with van der Waals surface area (Å²) in [5, 5.41) is 0. The molecule has 0 aromatic rings. The standard InChI is InChI=1S/C5H11FO2Si/c6-9(7)5-3-1-2-4-8-5/h5,7,9H,1-4H2. The molecular weight excluding hydrogens is 139 g/mol. The summed E-state index contributed by atoms with van der Waals surface area (Å²) in [4.78, 5) is 8.52. The summed E-state index contributed by atoms with van der Waals surface area (Å²) in [6, 6.07) is 0. The molecule has 0 saturated carbocycles. The van der Waals surface area contributed by atoms with Crippen LogP contribution in [0.15, 0.2) is 0 Å². The molecule has 4 heteroatoms. The minimum atomic E-state index is -2.97. The first-order valence-electron chi connectivity index (χ1n) is 3.24. The molecule has 1 aliphatic rings. The lowest BCUT2D eigenvalue weighted by atomic mass is 10.2. The molecule has 1 rings (SSSR count). The van der Waals surface area contributed by atoms with Gasteiger partial charge in [0.05, 0.1) is 0 Å². The van der Waals surface area contributed by atoms with Gasteiger partial charge in [0.1, 0.15) is 5.73 Å². The van der Waals surface area contributed by atoms with E-state index in [9.17, 15) is 4.11 Å². The number of hydrogen-bond acceptors (Lipinski definition) is 2. The monoisotopic (exact) mass is 150 g/mol. The van der Waals surface area contributed by atoms with Crippen LogP contribution in [0.5, 0.6) is 0 Å². The Bertz CT molecular complexity index is 83.0. The van der Waals surface area contributed by atoms with E-state index in [1.54, 1.807) is 0 Å². The van der Waals surface area contributed by atoms with Crippen LogP contribution in [0.25, 0.3) is 0 Å². The summed E-state index contributed by atoms with van der Waals surface area (Å²) in [7, 11) is -2.97. The fourth-order valence-corrected chi connectivity index (χ4v) is 1.79. The molecule has 1 saturated heterocycles. The van der Waals surface area contributed by atoms with Crippen LogP contribution in [-0.4, -0.2) is 26.5 Å². The van der Waals surface area contributed by atoms with Crippen molar-refractivity contribution in [1.29, 1.82) is 0 Å². The van der Waals surface area contributed by atoms with Gasteiger partial charge in [-0.15, -0.1) is 0 Å². The van der Waals surface area contributed by atoms with Gasteiger partial charge < -0.3 is 9.53 Å². The van der Waals surface area contributed by atoms with E-state index in [0.29, 0.717) is 13.0 Å². The maximum Gasteiger partial charge on any atom is 0.394 e. The molecule has 2 atom stereocenters. The van der Waals surface area contributed by atoms with Gasteiger partial charge in [0.15, 0.2) is 0 Å². The molecule has 0 bridgehead atoms. The Labute approximate surface area is 55.5 Å². The highest BCUT2D eigenvalue weighted by atomic mass is 28.3. The molecule has 54 valence electrons. The molecular formula is C5H11FO2Si. The lowest BCUT2D eigenvalue weighted by molar-refractivity contribution is 0.0489. The summed E-state index contributed by atoms with van der Waals surface area (Å²) < 4.78 is 17.1. The van der Waals surface area contributed by atoms with E-state index in [1.807, 2.05) is 0 Å². The van der Waals surface area contributed by atoms with Crippen molar-refractivity contribution in [2.24, 2.45) is 0 Å². The maximum atomic E-state index is 12.2. The first kappa shape index (κ1) is 7.18. The van der Waals surface area contributed by atoms with Crippen molar-refractivity contribution in [1.82, 2.24) is 0 Å². The normalized spacial score (nSPS) is 32.0. The van der Waals surface area contributed by atoms with Gasteiger partial charge in [-0.25, -0.2) is 0 Å². The maximum absolute atomic E-state index is 12.2. The zero-order chi connectivity index (χ0) is 6.69. The SMILES string of the molecule is O[SiH](F)C1CCCCO1. The Hall–Kier alpha value is 0.0669. The second kappa shape index (κ2) is 3.29. The average Bonchev–Trinajstić information content (AvgIpc) is 1.90. The molecule has 0 aromatic carbocycles. The third-order valence-corrected chi connectivity index (χ3v) is 2.66. The Morgan fingerprint density at radius 1 is 1.56 bits per heavy atom. The van der Waals surface area contributed by atoms with Gasteiger partial charge in [0.25, 0.3) is 0 Å².